The van der Waals surface area contributed by atoms with Crippen molar-refractivity contribution in [2.45, 2.75) is 12.8 Å². The zero-order valence-corrected chi connectivity index (χ0v) is 20.6. The molecule has 0 radical (unpaired) electrons. The molecular formula is C26H23F5N6O2. The molecule has 1 amide bonds. The Kier molecular flexibility index (Phi) is 7.08. The number of hydrogen-bond acceptors (Lipinski definition) is 6. The third-order valence-corrected chi connectivity index (χ3v) is 6.41. The van der Waals surface area contributed by atoms with Crippen LogP contribution >= 0.6 is 0 Å². The number of fused-ring (bicyclic) bond motifs is 1. The minimum Gasteiger partial charge on any atom is -0.435 e. The molecule has 1 aliphatic heterocycles. The van der Waals surface area contributed by atoms with Gasteiger partial charge in [0.15, 0.2) is 11.5 Å². The molecule has 4 aromatic rings. The molecule has 1 N–H and O–H groups in total. The van der Waals surface area contributed by atoms with Gasteiger partial charge in [-0.3, -0.25) is 9.20 Å². The molecule has 0 spiro atoms. The first-order valence-electron chi connectivity index (χ1n) is 11.9. The van der Waals surface area contributed by atoms with Gasteiger partial charge in [-0.15, -0.1) is 0 Å². The lowest BCUT2D eigenvalue weighted by molar-refractivity contribution is -0.138. The molecule has 39 heavy (non-hydrogen) atoms. The lowest BCUT2D eigenvalue weighted by Gasteiger charge is -2.33. The first-order chi connectivity index (χ1) is 18.6. The van der Waals surface area contributed by atoms with Crippen molar-refractivity contribution in [3.8, 4) is 17.0 Å². The first-order valence-corrected chi connectivity index (χ1v) is 11.9. The minimum absolute atomic E-state index is 0.00149. The second-order valence-corrected chi connectivity index (χ2v) is 8.99. The Labute approximate surface area is 219 Å². The summed E-state index contributed by atoms with van der Waals surface area (Å²) in [4.78, 5) is 25.0. The number of alkyl halides is 5. The van der Waals surface area contributed by atoms with E-state index in [1.165, 1.54) is 41.6 Å². The van der Waals surface area contributed by atoms with Gasteiger partial charge < -0.3 is 19.9 Å². The number of anilines is 2. The SMILES string of the molecule is CN1CCN(C(=O)c2ccc(Nc3nccn4c(-c5ccc(OC(F)F)cc5)cnc34)cc2C(F)(F)F)CC1. The number of aromatic nitrogens is 3. The highest BCUT2D eigenvalue weighted by Gasteiger charge is 2.37. The molecule has 2 aromatic heterocycles. The van der Waals surface area contributed by atoms with Crippen LogP contribution in [-0.4, -0.2) is 69.9 Å². The highest BCUT2D eigenvalue weighted by atomic mass is 19.4. The van der Waals surface area contributed by atoms with Crippen LogP contribution in [0.3, 0.4) is 0 Å². The topological polar surface area (TPSA) is 75.0 Å². The fourth-order valence-electron chi connectivity index (χ4n) is 4.39. The van der Waals surface area contributed by atoms with Crippen LogP contribution in [0.15, 0.2) is 61.1 Å². The quantitative estimate of drug-likeness (QED) is 0.338. The van der Waals surface area contributed by atoms with Crippen LogP contribution in [0, 0.1) is 0 Å². The number of rotatable bonds is 6. The number of benzene rings is 2. The minimum atomic E-state index is -4.75. The van der Waals surface area contributed by atoms with E-state index in [2.05, 4.69) is 20.0 Å². The van der Waals surface area contributed by atoms with Gasteiger partial charge in [0.1, 0.15) is 5.75 Å². The standard InChI is InChI=1S/C26H23F5N6O2/c1-35-10-12-36(13-11-35)24(38)19-7-4-17(14-20(19)26(29,30)31)34-22-23-33-15-21(37(23)9-8-32-22)16-2-5-18(6-3-16)39-25(27)28/h2-9,14-15,25H,10-13H2,1H3,(H,32,34). The first kappa shape index (κ1) is 26.4. The summed E-state index contributed by atoms with van der Waals surface area (Å²) in [5.74, 6) is -0.473. The Balaban J connectivity index is 1.43. The van der Waals surface area contributed by atoms with Crippen molar-refractivity contribution in [1.29, 1.82) is 0 Å². The van der Waals surface area contributed by atoms with Crippen LogP contribution in [0.5, 0.6) is 5.75 Å². The summed E-state index contributed by atoms with van der Waals surface area (Å²) in [7, 11) is 1.89. The van der Waals surface area contributed by atoms with E-state index in [1.54, 1.807) is 22.7 Å². The maximum Gasteiger partial charge on any atom is 0.417 e. The zero-order chi connectivity index (χ0) is 27.7. The molecule has 1 fully saturated rings. The van der Waals surface area contributed by atoms with Crippen LogP contribution in [-0.2, 0) is 6.18 Å². The summed E-state index contributed by atoms with van der Waals surface area (Å²) in [6.45, 7) is -1.07. The van der Waals surface area contributed by atoms with Gasteiger partial charge >= 0.3 is 12.8 Å². The van der Waals surface area contributed by atoms with Gasteiger partial charge in [0.05, 0.1) is 23.0 Å². The predicted molar refractivity (Wildman–Crippen MR) is 133 cm³/mol. The molecule has 5 rings (SSSR count). The smallest absolute Gasteiger partial charge is 0.417 e. The highest BCUT2D eigenvalue weighted by molar-refractivity contribution is 5.96. The Morgan fingerprint density at radius 2 is 1.74 bits per heavy atom. The van der Waals surface area contributed by atoms with E-state index in [4.69, 9.17) is 0 Å². The third kappa shape index (κ3) is 5.62. The molecule has 0 atom stereocenters. The van der Waals surface area contributed by atoms with E-state index in [0.717, 1.165) is 6.07 Å². The van der Waals surface area contributed by atoms with Crippen molar-refractivity contribution in [1.82, 2.24) is 24.2 Å². The van der Waals surface area contributed by atoms with Crippen LogP contribution in [0.1, 0.15) is 15.9 Å². The number of nitrogens with one attached hydrogen (secondary N) is 1. The summed E-state index contributed by atoms with van der Waals surface area (Å²) in [6, 6.07) is 9.41. The fraction of sp³-hybridized carbons (Fsp3) is 0.269. The third-order valence-electron chi connectivity index (χ3n) is 6.41. The van der Waals surface area contributed by atoms with Crippen molar-refractivity contribution in [2.75, 3.05) is 38.5 Å². The highest BCUT2D eigenvalue weighted by Crippen LogP contribution is 2.35. The van der Waals surface area contributed by atoms with E-state index in [1.807, 2.05) is 11.9 Å². The second-order valence-electron chi connectivity index (χ2n) is 8.99. The molecule has 3 heterocycles. The summed E-state index contributed by atoms with van der Waals surface area (Å²) in [5.41, 5.74) is 0.197. The number of carbonyl (C=O) groups excluding carboxylic acids is 1. The van der Waals surface area contributed by atoms with Crippen molar-refractivity contribution in [2.24, 2.45) is 0 Å². The number of piperazine rings is 1. The lowest BCUT2D eigenvalue weighted by Crippen LogP contribution is -2.47. The van der Waals surface area contributed by atoms with Crippen molar-refractivity contribution >= 4 is 23.1 Å². The molecule has 0 aliphatic carbocycles. The molecule has 1 aliphatic rings. The summed E-state index contributed by atoms with van der Waals surface area (Å²) in [6.07, 6.45) is -0.157. The maximum atomic E-state index is 14.0. The van der Waals surface area contributed by atoms with Gasteiger partial charge in [-0.1, -0.05) is 0 Å². The van der Waals surface area contributed by atoms with Gasteiger partial charge in [-0.25, -0.2) is 9.97 Å². The summed E-state index contributed by atoms with van der Waals surface area (Å²) in [5, 5.41) is 2.88. The van der Waals surface area contributed by atoms with E-state index in [9.17, 15) is 26.7 Å². The summed E-state index contributed by atoms with van der Waals surface area (Å²) >= 11 is 0. The molecular weight excluding hydrogens is 523 g/mol. The van der Waals surface area contributed by atoms with Crippen LogP contribution in [0.2, 0.25) is 0 Å². The molecule has 1 saturated heterocycles. The molecule has 2 aromatic carbocycles. The van der Waals surface area contributed by atoms with Gasteiger partial charge in [-0.05, 0) is 49.5 Å². The second kappa shape index (κ2) is 10.5. The Morgan fingerprint density at radius 3 is 2.41 bits per heavy atom. The van der Waals surface area contributed by atoms with Crippen molar-refractivity contribution < 1.29 is 31.5 Å². The van der Waals surface area contributed by atoms with Crippen LogP contribution < -0.4 is 10.1 Å². The van der Waals surface area contributed by atoms with E-state index >= 15 is 0 Å². The van der Waals surface area contributed by atoms with Gasteiger partial charge in [0, 0.05) is 49.8 Å². The van der Waals surface area contributed by atoms with E-state index in [-0.39, 0.29) is 17.3 Å². The van der Waals surface area contributed by atoms with Crippen molar-refractivity contribution in [3.05, 3.63) is 72.2 Å². The lowest BCUT2D eigenvalue weighted by atomic mass is 10.0. The number of imidazole rings is 1. The number of amides is 1. The Morgan fingerprint density at radius 1 is 1.03 bits per heavy atom. The number of likely N-dealkylation sites (N-methyl/N-ethyl adjacent to an activating group) is 1. The molecule has 0 bridgehead atoms. The van der Waals surface area contributed by atoms with E-state index < -0.39 is 29.8 Å². The fourth-order valence-corrected chi connectivity index (χ4v) is 4.39. The van der Waals surface area contributed by atoms with Gasteiger partial charge in [-0.2, -0.15) is 22.0 Å². The average molecular weight is 546 g/mol. The zero-order valence-electron chi connectivity index (χ0n) is 20.6. The van der Waals surface area contributed by atoms with E-state index in [0.29, 0.717) is 43.1 Å². The average Bonchev–Trinajstić information content (AvgIpc) is 3.34. The molecule has 8 nitrogen and oxygen atoms in total. The normalized spacial score (nSPS) is 14.7. The number of carbonyl (C=O) groups is 1. The van der Waals surface area contributed by atoms with Gasteiger partial charge in [0.2, 0.25) is 0 Å². The van der Waals surface area contributed by atoms with Crippen LogP contribution in [0.25, 0.3) is 16.9 Å². The number of hydrogen-bond donors (Lipinski definition) is 1. The largest absolute Gasteiger partial charge is 0.435 e. The summed E-state index contributed by atoms with van der Waals surface area (Å²) < 4.78 is 72.9. The maximum absolute atomic E-state index is 14.0. The molecule has 0 unspecified atom stereocenters. The van der Waals surface area contributed by atoms with Gasteiger partial charge in [0.25, 0.3) is 5.91 Å². The number of halogens is 5. The Hall–Kier alpha value is -4.26. The molecule has 13 heteroatoms. The number of nitrogens with zero attached hydrogens (tertiary/aromatic N) is 5. The predicted octanol–water partition coefficient (Wildman–Crippen LogP) is 5.15. The monoisotopic (exact) mass is 546 g/mol. The Bertz CT molecular complexity index is 1480. The van der Waals surface area contributed by atoms with Crippen molar-refractivity contribution in [3.63, 3.8) is 0 Å². The van der Waals surface area contributed by atoms with Crippen LogP contribution in [0.4, 0.5) is 33.5 Å². The molecule has 204 valence electrons. The number of ether oxygens (including phenoxy) is 1. The molecule has 0 saturated carbocycles.